The number of hydrogen-bond acceptors (Lipinski definition) is 4. The molecule has 0 spiro atoms. The lowest BCUT2D eigenvalue weighted by atomic mass is 10.1. The Bertz CT molecular complexity index is 1490. The molecule has 0 fully saturated rings. The Morgan fingerprint density at radius 1 is 0.769 bits per heavy atom. The van der Waals surface area contributed by atoms with Gasteiger partial charge in [-0.3, -0.25) is 14.4 Å². The van der Waals surface area contributed by atoms with Gasteiger partial charge in [0, 0.05) is 21.8 Å². The standard InChI is InChI=1S/C31H26FN3O3S/c1-21-7-5-6-10-23(21)19-28(35-30(37)22-8-3-2-4-9-22)31(38)34-26-15-17-27(18-16-26)39-20-29(36)33-25-13-11-24(32)12-14-25/h2-19H,20H2,1H3,(H,33,36)(H,34,38)(H,35,37)/b28-19-. The Kier molecular flexibility index (Phi) is 9.26. The Balaban J connectivity index is 1.40. The summed E-state index contributed by atoms with van der Waals surface area (Å²) in [6, 6.07) is 28.8. The Morgan fingerprint density at radius 3 is 2.08 bits per heavy atom. The number of hydrogen-bond donors (Lipinski definition) is 3. The first-order chi connectivity index (χ1) is 18.9. The molecule has 0 bridgehead atoms. The van der Waals surface area contributed by atoms with E-state index in [1.54, 1.807) is 54.6 Å². The zero-order valence-corrected chi connectivity index (χ0v) is 21.9. The molecule has 0 saturated heterocycles. The maximum atomic E-state index is 13.2. The van der Waals surface area contributed by atoms with Crippen LogP contribution in [0.25, 0.3) is 6.08 Å². The molecular weight excluding hydrogens is 513 g/mol. The lowest BCUT2D eigenvalue weighted by molar-refractivity contribution is -0.114. The van der Waals surface area contributed by atoms with Crippen molar-refractivity contribution in [3.8, 4) is 0 Å². The van der Waals surface area contributed by atoms with Gasteiger partial charge in [0.15, 0.2) is 0 Å². The van der Waals surface area contributed by atoms with Crippen LogP contribution in [0.4, 0.5) is 15.8 Å². The molecule has 0 radical (unpaired) electrons. The van der Waals surface area contributed by atoms with Crippen LogP contribution in [0.1, 0.15) is 21.5 Å². The molecule has 0 aromatic heterocycles. The van der Waals surface area contributed by atoms with E-state index in [1.807, 2.05) is 37.3 Å². The summed E-state index contributed by atoms with van der Waals surface area (Å²) in [4.78, 5) is 39.0. The molecule has 4 aromatic rings. The number of halogens is 1. The Labute approximate surface area is 230 Å². The van der Waals surface area contributed by atoms with Gasteiger partial charge >= 0.3 is 0 Å². The first-order valence-electron chi connectivity index (χ1n) is 12.1. The van der Waals surface area contributed by atoms with Gasteiger partial charge in [-0.15, -0.1) is 11.8 Å². The smallest absolute Gasteiger partial charge is 0.272 e. The molecule has 3 amide bonds. The van der Waals surface area contributed by atoms with Crippen LogP contribution in [-0.2, 0) is 9.59 Å². The number of benzene rings is 4. The van der Waals surface area contributed by atoms with Gasteiger partial charge in [0.25, 0.3) is 11.8 Å². The summed E-state index contributed by atoms with van der Waals surface area (Å²) >= 11 is 1.33. The number of rotatable bonds is 9. The SMILES string of the molecule is Cc1ccccc1/C=C(\NC(=O)c1ccccc1)C(=O)Nc1ccc(SCC(=O)Nc2ccc(F)cc2)cc1. The number of carbonyl (C=O) groups excluding carboxylic acids is 3. The zero-order chi connectivity index (χ0) is 27.6. The van der Waals surface area contributed by atoms with Crippen molar-refractivity contribution < 1.29 is 18.8 Å². The summed E-state index contributed by atoms with van der Waals surface area (Å²) in [6.07, 6.45) is 1.65. The topological polar surface area (TPSA) is 87.3 Å². The quantitative estimate of drug-likeness (QED) is 0.173. The van der Waals surface area contributed by atoms with Crippen molar-refractivity contribution >= 4 is 46.9 Å². The van der Waals surface area contributed by atoms with E-state index >= 15 is 0 Å². The summed E-state index contributed by atoms with van der Waals surface area (Å²) in [7, 11) is 0. The first kappa shape index (κ1) is 27.3. The number of nitrogens with one attached hydrogen (secondary N) is 3. The molecule has 0 aliphatic carbocycles. The highest BCUT2D eigenvalue weighted by molar-refractivity contribution is 8.00. The van der Waals surface area contributed by atoms with Crippen LogP contribution in [-0.4, -0.2) is 23.5 Å². The Morgan fingerprint density at radius 2 is 1.38 bits per heavy atom. The molecule has 0 unspecified atom stereocenters. The van der Waals surface area contributed by atoms with Gasteiger partial charge in [0.05, 0.1) is 5.75 Å². The molecule has 6 nitrogen and oxygen atoms in total. The molecule has 4 rings (SSSR count). The van der Waals surface area contributed by atoms with Crippen LogP contribution in [0.5, 0.6) is 0 Å². The molecule has 196 valence electrons. The highest BCUT2D eigenvalue weighted by Crippen LogP contribution is 2.21. The minimum Gasteiger partial charge on any atom is -0.325 e. The van der Waals surface area contributed by atoms with Gasteiger partial charge in [0.1, 0.15) is 11.5 Å². The lowest BCUT2D eigenvalue weighted by Crippen LogP contribution is -2.30. The summed E-state index contributed by atoms with van der Waals surface area (Å²) in [5.41, 5.74) is 3.36. The average Bonchev–Trinajstić information content (AvgIpc) is 2.95. The van der Waals surface area contributed by atoms with Gasteiger partial charge in [-0.05, 0) is 84.8 Å². The highest BCUT2D eigenvalue weighted by Gasteiger charge is 2.15. The lowest BCUT2D eigenvalue weighted by Gasteiger charge is -2.12. The third-order valence-electron chi connectivity index (χ3n) is 5.63. The largest absolute Gasteiger partial charge is 0.325 e. The number of carbonyl (C=O) groups is 3. The van der Waals surface area contributed by atoms with E-state index in [0.29, 0.717) is 16.9 Å². The van der Waals surface area contributed by atoms with Crippen molar-refractivity contribution in [1.29, 1.82) is 0 Å². The predicted molar refractivity (Wildman–Crippen MR) is 154 cm³/mol. The summed E-state index contributed by atoms with van der Waals surface area (Å²) in [6.45, 7) is 1.93. The number of aryl methyl sites for hydroxylation is 1. The van der Waals surface area contributed by atoms with Crippen LogP contribution in [0.15, 0.2) is 114 Å². The average molecular weight is 540 g/mol. The number of amides is 3. The van der Waals surface area contributed by atoms with E-state index in [2.05, 4.69) is 16.0 Å². The van der Waals surface area contributed by atoms with Crippen LogP contribution in [0.3, 0.4) is 0 Å². The third kappa shape index (κ3) is 8.15. The van der Waals surface area contributed by atoms with E-state index in [9.17, 15) is 18.8 Å². The van der Waals surface area contributed by atoms with Gasteiger partial charge in [-0.25, -0.2) is 4.39 Å². The number of anilines is 2. The monoisotopic (exact) mass is 539 g/mol. The van der Waals surface area contributed by atoms with Crippen LogP contribution in [0, 0.1) is 12.7 Å². The molecule has 4 aromatic carbocycles. The van der Waals surface area contributed by atoms with Crippen molar-refractivity contribution in [2.45, 2.75) is 11.8 Å². The molecule has 0 aliphatic heterocycles. The third-order valence-corrected chi connectivity index (χ3v) is 6.64. The highest BCUT2D eigenvalue weighted by atomic mass is 32.2. The fourth-order valence-corrected chi connectivity index (χ4v) is 4.26. The van der Waals surface area contributed by atoms with Crippen LogP contribution >= 0.6 is 11.8 Å². The van der Waals surface area contributed by atoms with Crippen molar-refractivity contribution in [2.75, 3.05) is 16.4 Å². The van der Waals surface area contributed by atoms with Crippen LogP contribution < -0.4 is 16.0 Å². The normalized spacial score (nSPS) is 11.0. The second kappa shape index (κ2) is 13.2. The predicted octanol–water partition coefficient (Wildman–Crippen LogP) is 6.27. The fraction of sp³-hybridized carbons (Fsp3) is 0.0645. The molecule has 0 atom stereocenters. The molecule has 3 N–H and O–H groups in total. The second-order valence-electron chi connectivity index (χ2n) is 8.56. The van der Waals surface area contributed by atoms with Crippen molar-refractivity contribution in [3.05, 3.63) is 131 Å². The Hall–Kier alpha value is -4.69. The maximum absolute atomic E-state index is 13.2. The van der Waals surface area contributed by atoms with Gasteiger partial charge < -0.3 is 16.0 Å². The van der Waals surface area contributed by atoms with E-state index in [-0.39, 0.29) is 23.2 Å². The molecule has 0 aliphatic rings. The number of thioether (sulfide) groups is 1. The first-order valence-corrected chi connectivity index (χ1v) is 13.1. The summed E-state index contributed by atoms with van der Waals surface area (Å²) in [5, 5.41) is 8.28. The molecule has 0 saturated carbocycles. The van der Waals surface area contributed by atoms with E-state index in [0.717, 1.165) is 16.0 Å². The second-order valence-corrected chi connectivity index (χ2v) is 9.61. The van der Waals surface area contributed by atoms with E-state index in [1.165, 1.54) is 36.0 Å². The van der Waals surface area contributed by atoms with Gasteiger partial charge in [0.2, 0.25) is 5.91 Å². The minimum absolute atomic E-state index is 0.106. The molecular formula is C31H26FN3O3S. The van der Waals surface area contributed by atoms with E-state index in [4.69, 9.17) is 0 Å². The fourth-order valence-electron chi connectivity index (χ4n) is 3.56. The van der Waals surface area contributed by atoms with Gasteiger partial charge in [-0.2, -0.15) is 0 Å². The minimum atomic E-state index is -0.471. The zero-order valence-electron chi connectivity index (χ0n) is 21.1. The van der Waals surface area contributed by atoms with E-state index < -0.39 is 11.8 Å². The summed E-state index contributed by atoms with van der Waals surface area (Å²) < 4.78 is 13.0. The molecule has 39 heavy (non-hydrogen) atoms. The maximum Gasteiger partial charge on any atom is 0.272 e. The van der Waals surface area contributed by atoms with Crippen LogP contribution in [0.2, 0.25) is 0 Å². The van der Waals surface area contributed by atoms with Crippen molar-refractivity contribution in [1.82, 2.24) is 5.32 Å². The molecule has 8 heteroatoms. The van der Waals surface area contributed by atoms with Crippen molar-refractivity contribution in [3.63, 3.8) is 0 Å². The van der Waals surface area contributed by atoms with Crippen molar-refractivity contribution in [2.24, 2.45) is 0 Å². The summed E-state index contributed by atoms with van der Waals surface area (Å²) in [5.74, 6) is -1.29. The molecule has 0 heterocycles. The van der Waals surface area contributed by atoms with Gasteiger partial charge in [-0.1, -0.05) is 42.5 Å².